The minimum atomic E-state index is -3.68. The van der Waals surface area contributed by atoms with E-state index in [0.29, 0.717) is 23.6 Å². The number of hydrazone groups is 1. The van der Waals surface area contributed by atoms with Gasteiger partial charge in [-0.25, -0.2) is 13.8 Å². The normalized spacial score (nSPS) is 22.7. The lowest BCUT2D eigenvalue weighted by molar-refractivity contribution is -0.384. The summed E-state index contributed by atoms with van der Waals surface area (Å²) in [6.07, 6.45) is 4.04. The number of carbonyl (C=O) groups excluding carboxylic acids is 1. The highest BCUT2D eigenvalue weighted by atomic mass is 32.2. The van der Waals surface area contributed by atoms with Crippen molar-refractivity contribution in [2.45, 2.75) is 51.0 Å². The van der Waals surface area contributed by atoms with E-state index in [-0.39, 0.29) is 33.0 Å². The van der Waals surface area contributed by atoms with Gasteiger partial charge in [-0.1, -0.05) is 20.8 Å². The molecule has 1 aromatic heterocycles. The number of nitro groups is 1. The molecule has 2 heterocycles. The lowest BCUT2D eigenvalue weighted by Crippen LogP contribution is -2.37. The highest BCUT2D eigenvalue weighted by Gasteiger charge is 2.53. The van der Waals surface area contributed by atoms with Crippen LogP contribution in [0.25, 0.3) is 11.3 Å². The Hall–Kier alpha value is -3.83. The predicted octanol–water partition coefficient (Wildman–Crippen LogP) is 5.21. The lowest BCUT2D eigenvalue weighted by atomic mass is 9.65. The number of fused-ring (bicyclic) bond motifs is 2. The van der Waals surface area contributed by atoms with Crippen LogP contribution in [0.4, 0.5) is 5.69 Å². The molecule has 10 nitrogen and oxygen atoms in total. The molecule has 1 saturated carbocycles. The molecule has 2 atom stereocenters. The number of rotatable bonds is 7. The number of benzene rings is 2. The highest BCUT2D eigenvalue weighted by Crippen LogP contribution is 2.53. The summed E-state index contributed by atoms with van der Waals surface area (Å²) < 4.78 is 34.2. The van der Waals surface area contributed by atoms with Crippen molar-refractivity contribution in [3.8, 4) is 11.3 Å². The molecule has 11 heteroatoms. The SMILES string of the molecule is CC1(C)C[C@H]2C[C@](C)(CN2S(=O)(=O)c2ccc(C(=O)N/N=C\c3ccc(-c4ccc([N+](=O)[O-])cc4)o3)cc2)C1. The standard InChI is InChI=1S/C28H30N4O6S/c1-27(2)14-22-15-28(3,17-27)18-31(22)39(36,37)24-11-6-20(7-12-24)26(33)30-29-16-23-10-13-25(38-23)19-4-8-21(9-5-19)32(34)35/h4-13,16,22H,14-15,17-18H2,1-3H3,(H,30,33)/b29-16-/t22-,28-/m0/s1. The summed E-state index contributed by atoms with van der Waals surface area (Å²) in [6, 6.07) is 15.2. The molecule has 3 aromatic rings. The second kappa shape index (κ2) is 9.73. The average molecular weight is 551 g/mol. The second-order valence-corrected chi connectivity index (χ2v) is 13.4. The summed E-state index contributed by atoms with van der Waals surface area (Å²) in [6.45, 7) is 7.09. The number of hydrogen-bond acceptors (Lipinski definition) is 7. The fourth-order valence-electron chi connectivity index (χ4n) is 6.15. The summed E-state index contributed by atoms with van der Waals surface area (Å²) in [5.74, 6) is 0.371. The van der Waals surface area contributed by atoms with Crippen molar-refractivity contribution >= 4 is 27.8 Å². The quantitative estimate of drug-likeness (QED) is 0.244. The van der Waals surface area contributed by atoms with Gasteiger partial charge in [0.2, 0.25) is 10.0 Å². The smallest absolute Gasteiger partial charge is 0.271 e. The van der Waals surface area contributed by atoms with Gasteiger partial charge in [-0.3, -0.25) is 14.9 Å². The molecule has 1 aliphatic heterocycles. The van der Waals surface area contributed by atoms with Crippen LogP contribution in [-0.4, -0.2) is 42.4 Å². The van der Waals surface area contributed by atoms with Crippen LogP contribution in [0.5, 0.6) is 0 Å². The highest BCUT2D eigenvalue weighted by molar-refractivity contribution is 7.89. The molecular weight excluding hydrogens is 520 g/mol. The maximum atomic E-state index is 13.5. The van der Waals surface area contributed by atoms with E-state index in [2.05, 4.69) is 31.3 Å². The summed E-state index contributed by atoms with van der Waals surface area (Å²) in [5, 5.41) is 14.7. The Labute approximate surface area is 226 Å². The third kappa shape index (κ3) is 5.50. The molecule has 0 spiro atoms. The molecule has 39 heavy (non-hydrogen) atoms. The Balaban J connectivity index is 1.21. The molecule has 0 radical (unpaired) electrons. The summed E-state index contributed by atoms with van der Waals surface area (Å²) >= 11 is 0. The molecule has 1 aliphatic carbocycles. The predicted molar refractivity (Wildman–Crippen MR) is 146 cm³/mol. The van der Waals surface area contributed by atoms with Gasteiger partial charge in [0.25, 0.3) is 11.6 Å². The fraction of sp³-hybridized carbons (Fsp3) is 0.357. The minimum Gasteiger partial charge on any atom is -0.455 e. The first kappa shape index (κ1) is 26.8. The first-order valence-corrected chi connectivity index (χ1v) is 14.1. The Bertz CT molecular complexity index is 1540. The van der Waals surface area contributed by atoms with Crippen LogP contribution in [0.1, 0.15) is 56.2 Å². The Morgan fingerprint density at radius 2 is 1.77 bits per heavy atom. The Morgan fingerprint density at radius 3 is 2.44 bits per heavy atom. The van der Waals surface area contributed by atoms with E-state index in [1.54, 1.807) is 28.6 Å². The molecule has 5 rings (SSSR count). The van der Waals surface area contributed by atoms with E-state index in [1.165, 1.54) is 42.6 Å². The fourth-order valence-corrected chi connectivity index (χ4v) is 7.92. The van der Waals surface area contributed by atoms with E-state index in [0.717, 1.165) is 19.3 Å². The minimum absolute atomic E-state index is 0.0106. The van der Waals surface area contributed by atoms with Gasteiger partial charge in [0.1, 0.15) is 11.5 Å². The number of nitro benzene ring substituents is 1. The number of nitrogens with zero attached hydrogens (tertiary/aromatic N) is 3. The number of furan rings is 1. The zero-order valence-corrected chi connectivity index (χ0v) is 22.8. The van der Waals surface area contributed by atoms with Gasteiger partial charge in [-0.05, 0) is 78.6 Å². The van der Waals surface area contributed by atoms with Crippen molar-refractivity contribution in [2.75, 3.05) is 6.54 Å². The van der Waals surface area contributed by atoms with Crippen molar-refractivity contribution < 1.29 is 22.6 Å². The summed E-state index contributed by atoms with van der Waals surface area (Å²) in [7, 11) is -3.68. The van der Waals surface area contributed by atoms with Gasteiger partial charge >= 0.3 is 0 Å². The number of non-ortho nitro benzene ring substituents is 1. The van der Waals surface area contributed by atoms with Crippen molar-refractivity contribution in [3.63, 3.8) is 0 Å². The number of carbonyl (C=O) groups is 1. The van der Waals surface area contributed by atoms with Crippen molar-refractivity contribution in [1.82, 2.24) is 9.73 Å². The van der Waals surface area contributed by atoms with Crippen LogP contribution in [0.15, 0.2) is 75.1 Å². The summed E-state index contributed by atoms with van der Waals surface area (Å²) in [5.41, 5.74) is 3.41. The van der Waals surface area contributed by atoms with Crippen LogP contribution >= 0.6 is 0 Å². The molecule has 1 N–H and O–H groups in total. The van der Waals surface area contributed by atoms with Gasteiger partial charge in [0, 0.05) is 35.8 Å². The molecule has 2 fully saturated rings. The molecule has 2 aromatic carbocycles. The summed E-state index contributed by atoms with van der Waals surface area (Å²) in [4.78, 5) is 23.1. The maximum absolute atomic E-state index is 13.5. The zero-order valence-electron chi connectivity index (χ0n) is 22.0. The van der Waals surface area contributed by atoms with Gasteiger partial charge in [0.15, 0.2) is 0 Å². The molecular formula is C28H30N4O6S. The van der Waals surface area contributed by atoms with Crippen LogP contribution < -0.4 is 5.43 Å². The molecule has 2 bridgehead atoms. The second-order valence-electron chi connectivity index (χ2n) is 11.5. The monoisotopic (exact) mass is 550 g/mol. The lowest BCUT2D eigenvalue weighted by Gasteiger charge is -2.39. The van der Waals surface area contributed by atoms with E-state index in [9.17, 15) is 23.3 Å². The van der Waals surface area contributed by atoms with Crippen molar-refractivity contribution in [2.24, 2.45) is 15.9 Å². The first-order chi connectivity index (χ1) is 18.4. The van der Waals surface area contributed by atoms with Gasteiger partial charge in [-0.15, -0.1) is 0 Å². The maximum Gasteiger partial charge on any atom is 0.271 e. The molecule has 204 valence electrons. The van der Waals surface area contributed by atoms with Crippen molar-refractivity contribution in [3.05, 3.63) is 82.1 Å². The number of hydrogen-bond donors (Lipinski definition) is 1. The topological polar surface area (TPSA) is 135 Å². The third-order valence-corrected chi connectivity index (χ3v) is 9.35. The van der Waals surface area contributed by atoms with Crippen LogP contribution in [0.3, 0.4) is 0 Å². The zero-order chi connectivity index (χ0) is 28.0. The third-order valence-electron chi connectivity index (χ3n) is 7.44. The van der Waals surface area contributed by atoms with Crippen LogP contribution in [0.2, 0.25) is 0 Å². The van der Waals surface area contributed by atoms with Crippen LogP contribution in [0, 0.1) is 20.9 Å². The molecule has 1 saturated heterocycles. The van der Waals surface area contributed by atoms with Gasteiger partial charge in [0.05, 0.1) is 16.0 Å². The number of nitrogens with one attached hydrogen (secondary N) is 1. The van der Waals surface area contributed by atoms with E-state index in [4.69, 9.17) is 4.42 Å². The Kier molecular flexibility index (Phi) is 6.68. The largest absolute Gasteiger partial charge is 0.455 e. The average Bonchev–Trinajstić information content (AvgIpc) is 3.45. The van der Waals surface area contributed by atoms with Gasteiger partial charge < -0.3 is 4.42 Å². The number of amides is 1. The van der Waals surface area contributed by atoms with E-state index >= 15 is 0 Å². The van der Waals surface area contributed by atoms with Crippen molar-refractivity contribution in [1.29, 1.82) is 0 Å². The molecule has 1 amide bonds. The molecule has 2 aliphatic rings. The Morgan fingerprint density at radius 1 is 1.08 bits per heavy atom. The van der Waals surface area contributed by atoms with E-state index < -0.39 is 20.9 Å². The van der Waals surface area contributed by atoms with E-state index in [1.807, 2.05) is 0 Å². The number of sulfonamides is 1. The van der Waals surface area contributed by atoms with Crippen LogP contribution in [-0.2, 0) is 10.0 Å². The molecule has 0 unspecified atom stereocenters. The van der Waals surface area contributed by atoms with Gasteiger partial charge in [-0.2, -0.15) is 9.41 Å². The first-order valence-electron chi connectivity index (χ1n) is 12.7.